The highest BCUT2D eigenvalue weighted by molar-refractivity contribution is 9.10. The molecule has 1 aromatic rings. The number of hydrogen-bond donors (Lipinski definition) is 0. The maximum Gasteiger partial charge on any atom is 0.341 e. The van der Waals surface area contributed by atoms with Gasteiger partial charge >= 0.3 is 18.0 Å². The molecule has 29 heavy (non-hydrogen) atoms. The van der Waals surface area contributed by atoms with Crippen LogP contribution in [-0.4, -0.2) is 26.1 Å². The molecule has 0 saturated carbocycles. The highest BCUT2D eigenvalue weighted by atomic mass is 79.9. The third-order valence-electron chi connectivity index (χ3n) is 4.80. The van der Waals surface area contributed by atoms with Crippen molar-refractivity contribution in [1.82, 2.24) is 0 Å². The summed E-state index contributed by atoms with van der Waals surface area (Å²) in [6.07, 6.45) is 2.63. The first kappa shape index (κ1) is 30.2. The third-order valence-corrected chi connectivity index (χ3v) is 18.7. The van der Waals surface area contributed by atoms with Crippen LogP contribution in [0, 0.1) is 0 Å². The topological polar surface area (TPSA) is 0 Å². The van der Waals surface area contributed by atoms with Crippen molar-refractivity contribution in [3.05, 3.63) is 28.7 Å². The van der Waals surface area contributed by atoms with Crippen molar-refractivity contribution in [2.24, 2.45) is 0 Å². The summed E-state index contributed by atoms with van der Waals surface area (Å²) in [7, 11) is -1.98. The van der Waals surface area contributed by atoms with Gasteiger partial charge in [0.15, 0.2) is 0 Å². The normalized spacial score (nSPS) is 13.7. The molecular formula is C15H22BrCl9Si4. The van der Waals surface area contributed by atoms with Crippen molar-refractivity contribution in [3.63, 3.8) is 0 Å². The minimum atomic E-state index is -2.67. The van der Waals surface area contributed by atoms with E-state index in [2.05, 4.69) is 40.2 Å². The Morgan fingerprint density at radius 1 is 0.517 bits per heavy atom. The molecule has 0 saturated heterocycles. The zero-order chi connectivity index (χ0) is 22.3. The second kappa shape index (κ2) is 13.3. The van der Waals surface area contributed by atoms with E-state index in [4.69, 9.17) is 99.7 Å². The Hall–Kier alpha value is 3.18. The smallest absolute Gasteiger partial charge is 0.126 e. The maximum absolute atomic E-state index is 6.14. The average molecular weight is 714 g/mol. The van der Waals surface area contributed by atoms with Crippen LogP contribution in [0.5, 0.6) is 0 Å². The van der Waals surface area contributed by atoms with Gasteiger partial charge < -0.3 is 0 Å². The molecule has 0 radical (unpaired) electrons. The van der Waals surface area contributed by atoms with Crippen LogP contribution >= 0.6 is 116 Å². The molecule has 0 amide bonds. The highest BCUT2D eigenvalue weighted by Crippen LogP contribution is 2.37. The molecule has 0 aliphatic carbocycles. The fraction of sp³-hybridized carbons (Fsp3) is 0.600. The summed E-state index contributed by atoms with van der Waals surface area (Å²) in [6, 6.07) is 5.49. The van der Waals surface area contributed by atoms with Gasteiger partial charge in [-0.15, -0.1) is 99.7 Å². The van der Waals surface area contributed by atoms with Crippen molar-refractivity contribution < 1.29 is 0 Å². The van der Waals surface area contributed by atoms with Crippen molar-refractivity contribution in [2.75, 3.05) is 0 Å². The summed E-state index contributed by atoms with van der Waals surface area (Å²) in [5, 5.41) is 1.36. The van der Waals surface area contributed by atoms with Crippen LogP contribution in [-0.2, 0) is 0 Å². The monoisotopic (exact) mass is 708 g/mol. The molecule has 1 rings (SSSR count). The molecule has 0 aliphatic heterocycles. The minimum absolute atomic E-state index is 0.640. The van der Waals surface area contributed by atoms with Gasteiger partial charge in [-0.2, -0.15) is 0 Å². The van der Waals surface area contributed by atoms with E-state index in [1.54, 1.807) is 0 Å². The molecule has 0 spiro atoms. The van der Waals surface area contributed by atoms with Crippen LogP contribution in [0.2, 0.25) is 36.3 Å². The van der Waals surface area contributed by atoms with E-state index in [-0.39, 0.29) is 0 Å². The zero-order valence-electron chi connectivity index (χ0n) is 15.5. The fourth-order valence-corrected chi connectivity index (χ4v) is 15.2. The first-order valence-corrected chi connectivity index (χ1v) is 28.2. The predicted molar refractivity (Wildman–Crippen MR) is 152 cm³/mol. The van der Waals surface area contributed by atoms with Crippen LogP contribution in [0.25, 0.3) is 0 Å². The summed E-state index contributed by atoms with van der Waals surface area (Å²) in [4.78, 5) is 0. The minimum Gasteiger partial charge on any atom is -0.126 e. The molecule has 14 heteroatoms. The van der Waals surface area contributed by atoms with E-state index >= 15 is 0 Å². The molecular weight excluding hydrogens is 691 g/mol. The van der Waals surface area contributed by atoms with Crippen molar-refractivity contribution in [3.8, 4) is 0 Å². The highest BCUT2D eigenvalue weighted by Gasteiger charge is 2.38. The van der Waals surface area contributed by atoms with Crippen molar-refractivity contribution >= 4 is 147 Å². The molecule has 0 atom stereocenters. The summed E-state index contributed by atoms with van der Waals surface area (Å²) in [5.41, 5.74) is 0. The summed E-state index contributed by atoms with van der Waals surface area (Å²) in [5.74, 6) is 0. The number of rotatable bonds is 13. The first-order chi connectivity index (χ1) is 13.1. The van der Waals surface area contributed by atoms with E-state index in [1.165, 1.54) is 5.19 Å². The van der Waals surface area contributed by atoms with Crippen LogP contribution in [0.4, 0.5) is 0 Å². The molecule has 0 aromatic heterocycles. The fourth-order valence-electron chi connectivity index (χ4n) is 3.49. The molecule has 0 aliphatic rings. The number of benzene rings is 1. The molecule has 0 N–H and O–H groups in total. The van der Waals surface area contributed by atoms with E-state index in [1.807, 2.05) is 0 Å². The molecule has 168 valence electrons. The van der Waals surface area contributed by atoms with Crippen LogP contribution < -0.4 is 5.19 Å². The van der Waals surface area contributed by atoms with Gasteiger partial charge in [0.2, 0.25) is 0 Å². The Labute approximate surface area is 228 Å². The van der Waals surface area contributed by atoms with E-state index < -0.39 is 26.1 Å². The predicted octanol–water partition coefficient (Wildman–Crippen LogP) is 10.2. The van der Waals surface area contributed by atoms with E-state index in [0.29, 0.717) is 18.1 Å². The second-order valence-electron chi connectivity index (χ2n) is 7.19. The van der Waals surface area contributed by atoms with Crippen LogP contribution in [0.3, 0.4) is 0 Å². The van der Waals surface area contributed by atoms with Gasteiger partial charge in [-0.3, -0.25) is 0 Å². The summed E-state index contributed by atoms with van der Waals surface area (Å²) >= 11 is 58.8. The Morgan fingerprint density at radius 2 is 0.828 bits per heavy atom. The second-order valence-corrected chi connectivity index (χ2v) is 40.6. The van der Waals surface area contributed by atoms with Gasteiger partial charge in [0.05, 0.1) is 8.07 Å². The SMILES string of the molecule is Cl[Si](Cl)(Cl)CCC[Si](CCC[Si](Cl)(Cl)Cl)(CCC[Si](Cl)(Cl)Cl)c1ccc(Br)cc1. The van der Waals surface area contributed by atoms with Crippen LogP contribution in [0.1, 0.15) is 19.3 Å². The van der Waals surface area contributed by atoms with Gasteiger partial charge in [0.1, 0.15) is 0 Å². The molecule has 0 bridgehead atoms. The van der Waals surface area contributed by atoms with E-state index in [0.717, 1.165) is 41.9 Å². The number of hydrogen-bond acceptors (Lipinski definition) is 0. The number of halogens is 10. The summed E-state index contributed by atoms with van der Waals surface area (Å²) < 4.78 is 1.04. The van der Waals surface area contributed by atoms with Gasteiger partial charge in [-0.25, -0.2) is 0 Å². The third kappa shape index (κ3) is 14.2. The first-order valence-electron chi connectivity index (χ1n) is 9.08. The molecule has 0 fully saturated rings. The maximum atomic E-state index is 6.14. The quantitative estimate of drug-likeness (QED) is 0.141. The van der Waals surface area contributed by atoms with Gasteiger partial charge in [0, 0.05) is 4.47 Å². The molecule has 0 nitrogen and oxygen atoms in total. The van der Waals surface area contributed by atoms with Crippen molar-refractivity contribution in [1.29, 1.82) is 0 Å². The standard InChI is InChI=1S/C15H22BrCl9Si4/c16-14-4-6-15(7-5-14)26(8-1-11-27(17,18)19,9-2-12-28(20,21)22)10-3-13-29(23,24)25/h4-7H,1-3,8-13H2. The Kier molecular flexibility index (Phi) is 13.9. The lowest BCUT2D eigenvalue weighted by Gasteiger charge is -2.34. The van der Waals surface area contributed by atoms with Crippen molar-refractivity contribution in [2.45, 2.75) is 55.5 Å². The van der Waals surface area contributed by atoms with Gasteiger partial charge in [-0.05, 0) is 30.3 Å². The Bertz CT molecular complexity index is 564. The lowest BCUT2D eigenvalue weighted by Crippen LogP contribution is -2.48. The average Bonchev–Trinajstić information content (AvgIpc) is 2.51. The largest absolute Gasteiger partial charge is 0.341 e. The van der Waals surface area contributed by atoms with Gasteiger partial charge in [-0.1, -0.05) is 70.6 Å². The lowest BCUT2D eigenvalue weighted by molar-refractivity contribution is 0.929. The Morgan fingerprint density at radius 3 is 1.10 bits per heavy atom. The lowest BCUT2D eigenvalue weighted by atomic mass is 10.4. The van der Waals surface area contributed by atoms with E-state index in [9.17, 15) is 0 Å². The molecule has 0 heterocycles. The van der Waals surface area contributed by atoms with Gasteiger partial charge in [0.25, 0.3) is 0 Å². The Balaban J connectivity index is 3.11. The zero-order valence-corrected chi connectivity index (χ0v) is 27.8. The van der Waals surface area contributed by atoms with Crippen LogP contribution in [0.15, 0.2) is 28.7 Å². The molecule has 0 unspecified atom stereocenters. The molecule has 1 aromatic carbocycles. The summed E-state index contributed by atoms with van der Waals surface area (Å²) in [6.45, 7) is 0.